The number of hydrogen-bond acceptors (Lipinski definition) is 5. The lowest BCUT2D eigenvalue weighted by Crippen LogP contribution is -2.43. The van der Waals surface area contributed by atoms with Crippen LogP contribution in [-0.2, 0) is 24.8 Å². The van der Waals surface area contributed by atoms with Gasteiger partial charge in [-0.15, -0.1) is 0 Å². The van der Waals surface area contributed by atoms with Crippen molar-refractivity contribution in [1.82, 2.24) is 9.03 Å². The van der Waals surface area contributed by atoms with E-state index in [1.54, 1.807) is 25.1 Å². The van der Waals surface area contributed by atoms with E-state index in [1.807, 2.05) is 0 Å². The second kappa shape index (κ2) is 6.86. The standard InChI is InChI=1S/C14H22N2O5S2/c1-11-6-4-5-7-14(11)23(19,20)15-13-9-21-8-12(13)10-22(17,18)16(2)3/h4-7,12-13,15H,8-10H2,1-3H3/t12-,13+/m0/s1. The maximum atomic E-state index is 12.5. The minimum Gasteiger partial charge on any atom is -0.379 e. The molecule has 1 fully saturated rings. The first kappa shape index (κ1) is 18.3. The molecule has 0 amide bonds. The van der Waals surface area contributed by atoms with Gasteiger partial charge in [-0.25, -0.2) is 25.9 Å². The number of hydrogen-bond donors (Lipinski definition) is 1. The third-order valence-electron chi connectivity index (χ3n) is 3.87. The van der Waals surface area contributed by atoms with Crippen LogP contribution in [0.5, 0.6) is 0 Å². The first-order valence-electron chi connectivity index (χ1n) is 7.19. The Bertz CT molecular complexity index is 759. The van der Waals surface area contributed by atoms with Crippen molar-refractivity contribution in [1.29, 1.82) is 0 Å². The van der Waals surface area contributed by atoms with Gasteiger partial charge in [0.2, 0.25) is 20.0 Å². The summed E-state index contributed by atoms with van der Waals surface area (Å²) in [5.74, 6) is -0.567. The van der Waals surface area contributed by atoms with Crippen LogP contribution in [0.25, 0.3) is 0 Å². The summed E-state index contributed by atoms with van der Waals surface area (Å²) in [6.45, 7) is 2.10. The van der Waals surface area contributed by atoms with Gasteiger partial charge in [0, 0.05) is 20.0 Å². The molecule has 0 spiro atoms. The second-order valence-corrected chi connectivity index (χ2v) is 9.76. The Morgan fingerprint density at radius 2 is 1.83 bits per heavy atom. The Kier molecular flexibility index (Phi) is 5.47. The number of aryl methyl sites for hydroxylation is 1. The maximum Gasteiger partial charge on any atom is 0.241 e. The summed E-state index contributed by atoms with van der Waals surface area (Å²) >= 11 is 0. The SMILES string of the molecule is Cc1ccccc1S(=O)(=O)N[C@@H]1COC[C@H]1CS(=O)(=O)N(C)C. The third-order valence-corrected chi connectivity index (χ3v) is 7.48. The molecule has 0 aromatic heterocycles. The lowest BCUT2D eigenvalue weighted by molar-refractivity contribution is 0.185. The summed E-state index contributed by atoms with van der Waals surface area (Å²) in [6, 6.07) is 6.10. The highest BCUT2D eigenvalue weighted by Crippen LogP contribution is 2.21. The van der Waals surface area contributed by atoms with Gasteiger partial charge in [0.1, 0.15) is 0 Å². The van der Waals surface area contributed by atoms with Crippen molar-refractivity contribution < 1.29 is 21.6 Å². The third kappa shape index (κ3) is 4.30. The van der Waals surface area contributed by atoms with Gasteiger partial charge >= 0.3 is 0 Å². The van der Waals surface area contributed by atoms with Crippen molar-refractivity contribution in [3.8, 4) is 0 Å². The molecular weight excluding hydrogens is 340 g/mol. The zero-order chi connectivity index (χ0) is 17.3. The first-order chi connectivity index (χ1) is 10.6. The van der Waals surface area contributed by atoms with Crippen LogP contribution in [0.15, 0.2) is 29.2 Å². The highest BCUT2D eigenvalue weighted by molar-refractivity contribution is 7.89. The average molecular weight is 362 g/mol. The molecule has 23 heavy (non-hydrogen) atoms. The van der Waals surface area contributed by atoms with E-state index in [2.05, 4.69) is 4.72 Å². The Morgan fingerprint density at radius 3 is 2.43 bits per heavy atom. The Balaban J connectivity index is 2.17. The number of ether oxygens (including phenoxy) is 1. The number of rotatable bonds is 6. The molecule has 0 unspecified atom stereocenters. The molecule has 0 bridgehead atoms. The number of nitrogens with zero attached hydrogens (tertiary/aromatic N) is 1. The number of nitrogens with one attached hydrogen (secondary N) is 1. The maximum absolute atomic E-state index is 12.5. The van der Waals surface area contributed by atoms with Crippen LogP contribution in [0.3, 0.4) is 0 Å². The summed E-state index contributed by atoms with van der Waals surface area (Å²) < 4.78 is 58.1. The van der Waals surface area contributed by atoms with Crippen LogP contribution in [0, 0.1) is 12.8 Å². The Labute approximate surface area is 137 Å². The first-order valence-corrected chi connectivity index (χ1v) is 10.3. The van der Waals surface area contributed by atoms with Gasteiger partial charge in [0.15, 0.2) is 0 Å². The van der Waals surface area contributed by atoms with Crippen molar-refractivity contribution >= 4 is 20.0 Å². The quantitative estimate of drug-likeness (QED) is 0.779. The van der Waals surface area contributed by atoms with Crippen LogP contribution in [0.2, 0.25) is 0 Å². The van der Waals surface area contributed by atoms with Crippen LogP contribution in [0.1, 0.15) is 5.56 Å². The van der Waals surface area contributed by atoms with E-state index in [-0.39, 0.29) is 23.9 Å². The normalized spacial score (nSPS) is 22.6. The van der Waals surface area contributed by atoms with Crippen molar-refractivity contribution in [3.63, 3.8) is 0 Å². The average Bonchev–Trinajstić information content (AvgIpc) is 2.84. The molecular formula is C14H22N2O5S2. The van der Waals surface area contributed by atoms with Crippen LogP contribution in [-0.4, -0.2) is 60.2 Å². The zero-order valence-electron chi connectivity index (χ0n) is 13.4. The van der Waals surface area contributed by atoms with E-state index in [9.17, 15) is 16.8 Å². The van der Waals surface area contributed by atoms with Gasteiger partial charge in [0.25, 0.3) is 0 Å². The molecule has 0 radical (unpaired) electrons. The van der Waals surface area contributed by atoms with Crippen molar-refractivity contribution in [2.24, 2.45) is 5.92 Å². The predicted molar refractivity (Wildman–Crippen MR) is 87.1 cm³/mol. The summed E-state index contributed by atoms with van der Waals surface area (Å²) in [7, 11) is -4.23. The van der Waals surface area contributed by atoms with Gasteiger partial charge in [0.05, 0.1) is 29.9 Å². The van der Waals surface area contributed by atoms with Gasteiger partial charge in [-0.2, -0.15) is 0 Å². The topological polar surface area (TPSA) is 92.8 Å². The van der Waals surface area contributed by atoms with Gasteiger partial charge in [-0.1, -0.05) is 18.2 Å². The molecule has 0 aliphatic carbocycles. The molecule has 2 rings (SSSR count). The summed E-state index contributed by atoms with van der Waals surface area (Å²) in [6.07, 6.45) is 0. The molecule has 2 atom stereocenters. The van der Waals surface area contributed by atoms with Crippen molar-refractivity contribution in [2.45, 2.75) is 17.9 Å². The fourth-order valence-corrected chi connectivity index (χ4v) is 5.14. The highest BCUT2D eigenvalue weighted by Gasteiger charge is 2.36. The number of sulfonamides is 2. The molecule has 7 nitrogen and oxygen atoms in total. The monoisotopic (exact) mass is 362 g/mol. The summed E-state index contributed by atoms with van der Waals surface area (Å²) in [4.78, 5) is 0.195. The van der Waals surface area contributed by atoms with Crippen molar-refractivity contribution in [2.75, 3.05) is 33.1 Å². The fraction of sp³-hybridized carbons (Fsp3) is 0.571. The van der Waals surface area contributed by atoms with E-state index < -0.39 is 32.0 Å². The van der Waals surface area contributed by atoms with Crippen LogP contribution >= 0.6 is 0 Å². The summed E-state index contributed by atoms with van der Waals surface area (Å²) in [5, 5.41) is 0. The molecule has 1 aliphatic rings. The lowest BCUT2D eigenvalue weighted by Gasteiger charge is -2.21. The lowest BCUT2D eigenvalue weighted by atomic mass is 10.1. The minimum atomic E-state index is -3.72. The highest BCUT2D eigenvalue weighted by atomic mass is 32.2. The largest absolute Gasteiger partial charge is 0.379 e. The molecule has 9 heteroatoms. The summed E-state index contributed by atoms with van der Waals surface area (Å²) in [5.41, 5.74) is 0.636. The molecule has 0 saturated carbocycles. The van der Waals surface area contributed by atoms with E-state index in [0.29, 0.717) is 5.56 Å². The van der Waals surface area contributed by atoms with Crippen LogP contribution in [0.4, 0.5) is 0 Å². The van der Waals surface area contributed by atoms with Crippen LogP contribution < -0.4 is 4.72 Å². The smallest absolute Gasteiger partial charge is 0.241 e. The molecule has 1 saturated heterocycles. The predicted octanol–water partition coefficient (Wildman–Crippen LogP) is 0.180. The van der Waals surface area contributed by atoms with Gasteiger partial charge in [-0.05, 0) is 18.6 Å². The second-order valence-electron chi connectivity index (χ2n) is 5.85. The van der Waals surface area contributed by atoms with E-state index >= 15 is 0 Å². The van der Waals surface area contributed by atoms with Gasteiger partial charge < -0.3 is 4.74 Å². The van der Waals surface area contributed by atoms with E-state index in [4.69, 9.17) is 4.74 Å². The molecule has 1 aliphatic heterocycles. The minimum absolute atomic E-state index is 0.152. The number of benzene rings is 1. The molecule has 1 aromatic carbocycles. The van der Waals surface area contributed by atoms with E-state index in [0.717, 1.165) is 4.31 Å². The molecule has 130 valence electrons. The van der Waals surface area contributed by atoms with Crippen molar-refractivity contribution in [3.05, 3.63) is 29.8 Å². The molecule has 1 aromatic rings. The Hall–Kier alpha value is -1.00. The molecule has 1 heterocycles. The zero-order valence-corrected chi connectivity index (χ0v) is 15.0. The fourth-order valence-electron chi connectivity index (χ4n) is 2.43. The van der Waals surface area contributed by atoms with Gasteiger partial charge in [-0.3, -0.25) is 0 Å². The Morgan fingerprint density at radius 1 is 1.17 bits per heavy atom. The molecule has 1 N–H and O–H groups in total. The van der Waals surface area contributed by atoms with E-state index in [1.165, 1.54) is 20.2 Å².